The molecule has 4 nitrogen and oxygen atoms in total. The van der Waals surface area contributed by atoms with Gasteiger partial charge in [-0.05, 0) is 46.5 Å². The molecule has 0 aromatic carbocycles. The molecule has 0 amide bonds. The van der Waals surface area contributed by atoms with Crippen molar-refractivity contribution in [1.29, 1.82) is 0 Å². The summed E-state index contributed by atoms with van der Waals surface area (Å²) in [4.78, 5) is 0. The predicted octanol–water partition coefficient (Wildman–Crippen LogP) is 2.93. The molecule has 0 aliphatic carbocycles. The average molecular weight is 283 g/mol. The first-order chi connectivity index (χ1) is 9.03. The SMILES string of the molecule is CC(C)(C)NCc1nnc(CCC2CCCCO2)s1. The number of hydrogen-bond donors (Lipinski definition) is 1. The topological polar surface area (TPSA) is 47.0 Å². The molecule has 1 saturated heterocycles. The number of ether oxygens (including phenoxy) is 1. The summed E-state index contributed by atoms with van der Waals surface area (Å²) in [6.07, 6.45) is 6.25. The average Bonchev–Trinajstić information content (AvgIpc) is 2.82. The number of aryl methyl sites for hydroxylation is 1. The van der Waals surface area contributed by atoms with E-state index in [0.717, 1.165) is 36.0 Å². The molecular formula is C14H25N3OS. The van der Waals surface area contributed by atoms with Gasteiger partial charge in [0.1, 0.15) is 10.0 Å². The van der Waals surface area contributed by atoms with Crippen LogP contribution in [-0.2, 0) is 17.7 Å². The van der Waals surface area contributed by atoms with Crippen molar-refractivity contribution in [1.82, 2.24) is 15.5 Å². The zero-order valence-electron chi connectivity index (χ0n) is 12.2. The molecule has 1 N–H and O–H groups in total. The van der Waals surface area contributed by atoms with E-state index >= 15 is 0 Å². The van der Waals surface area contributed by atoms with Gasteiger partial charge in [0.2, 0.25) is 0 Å². The second kappa shape index (κ2) is 6.77. The van der Waals surface area contributed by atoms with Crippen LogP contribution in [0.15, 0.2) is 0 Å². The van der Waals surface area contributed by atoms with Crippen LogP contribution in [0.4, 0.5) is 0 Å². The molecule has 2 rings (SSSR count). The van der Waals surface area contributed by atoms with Crippen LogP contribution in [0.1, 0.15) is 56.5 Å². The predicted molar refractivity (Wildman–Crippen MR) is 78.4 cm³/mol. The molecule has 108 valence electrons. The summed E-state index contributed by atoms with van der Waals surface area (Å²) in [5.41, 5.74) is 0.127. The van der Waals surface area contributed by atoms with Crippen molar-refractivity contribution < 1.29 is 4.74 Å². The van der Waals surface area contributed by atoms with Gasteiger partial charge in [-0.3, -0.25) is 0 Å². The highest BCUT2D eigenvalue weighted by atomic mass is 32.1. The number of hydrogen-bond acceptors (Lipinski definition) is 5. The van der Waals surface area contributed by atoms with Crippen molar-refractivity contribution in [3.8, 4) is 0 Å². The van der Waals surface area contributed by atoms with Gasteiger partial charge in [-0.1, -0.05) is 0 Å². The molecule has 5 heteroatoms. The number of aromatic nitrogens is 2. The minimum Gasteiger partial charge on any atom is -0.378 e. The number of rotatable bonds is 5. The molecule has 1 aromatic heterocycles. The van der Waals surface area contributed by atoms with Crippen molar-refractivity contribution in [2.24, 2.45) is 0 Å². The highest BCUT2D eigenvalue weighted by Crippen LogP contribution is 2.19. The standard InChI is InChI=1S/C14H25N3OS/c1-14(2,3)15-10-13-17-16-12(19-13)8-7-11-6-4-5-9-18-11/h11,15H,4-10H2,1-3H3. The molecule has 1 atom stereocenters. The second-order valence-corrected chi connectivity index (χ2v) is 7.37. The lowest BCUT2D eigenvalue weighted by atomic mass is 10.1. The number of nitrogens with one attached hydrogen (secondary N) is 1. The highest BCUT2D eigenvalue weighted by Gasteiger charge is 2.15. The molecule has 0 radical (unpaired) electrons. The van der Waals surface area contributed by atoms with Crippen LogP contribution in [0.5, 0.6) is 0 Å². The van der Waals surface area contributed by atoms with Crippen LogP contribution in [0.3, 0.4) is 0 Å². The molecule has 2 heterocycles. The summed E-state index contributed by atoms with van der Waals surface area (Å²) < 4.78 is 5.74. The first-order valence-electron chi connectivity index (χ1n) is 7.21. The minimum atomic E-state index is 0.127. The molecule has 1 fully saturated rings. The Labute approximate surface area is 120 Å². The third-order valence-electron chi connectivity index (χ3n) is 3.23. The summed E-state index contributed by atoms with van der Waals surface area (Å²) in [7, 11) is 0. The first-order valence-corrected chi connectivity index (χ1v) is 8.02. The molecule has 1 aromatic rings. The fourth-order valence-corrected chi connectivity index (χ4v) is 2.92. The lowest BCUT2D eigenvalue weighted by Crippen LogP contribution is -2.35. The molecule has 19 heavy (non-hydrogen) atoms. The quantitative estimate of drug-likeness (QED) is 0.902. The van der Waals surface area contributed by atoms with E-state index in [1.54, 1.807) is 11.3 Å². The Hall–Kier alpha value is -0.520. The van der Waals surface area contributed by atoms with Crippen molar-refractivity contribution >= 4 is 11.3 Å². The summed E-state index contributed by atoms with van der Waals surface area (Å²) in [6.45, 7) is 8.22. The Morgan fingerprint density at radius 1 is 1.26 bits per heavy atom. The van der Waals surface area contributed by atoms with E-state index in [0.29, 0.717) is 6.10 Å². The van der Waals surface area contributed by atoms with E-state index < -0.39 is 0 Å². The maximum Gasteiger partial charge on any atom is 0.131 e. The molecule has 1 aliphatic rings. The van der Waals surface area contributed by atoms with Gasteiger partial charge in [-0.15, -0.1) is 21.5 Å². The maximum atomic E-state index is 5.74. The van der Waals surface area contributed by atoms with Crippen LogP contribution >= 0.6 is 11.3 Å². The van der Waals surface area contributed by atoms with Crippen molar-refractivity contribution in [3.63, 3.8) is 0 Å². The van der Waals surface area contributed by atoms with E-state index in [4.69, 9.17) is 4.74 Å². The van der Waals surface area contributed by atoms with Gasteiger partial charge in [-0.2, -0.15) is 0 Å². The second-order valence-electron chi connectivity index (χ2n) is 6.22. The highest BCUT2D eigenvalue weighted by molar-refractivity contribution is 7.11. The van der Waals surface area contributed by atoms with Crippen molar-refractivity contribution in [3.05, 3.63) is 10.0 Å². The van der Waals surface area contributed by atoms with Gasteiger partial charge in [0.25, 0.3) is 0 Å². The lowest BCUT2D eigenvalue weighted by Gasteiger charge is -2.21. The van der Waals surface area contributed by atoms with Gasteiger partial charge in [-0.25, -0.2) is 0 Å². The zero-order chi connectivity index (χ0) is 13.7. The minimum absolute atomic E-state index is 0.127. The largest absolute Gasteiger partial charge is 0.378 e. The van der Waals surface area contributed by atoms with Crippen molar-refractivity contribution in [2.75, 3.05) is 6.61 Å². The molecule has 1 aliphatic heterocycles. The Morgan fingerprint density at radius 3 is 2.74 bits per heavy atom. The van der Waals surface area contributed by atoms with E-state index in [-0.39, 0.29) is 5.54 Å². The summed E-state index contributed by atoms with van der Waals surface area (Å²) in [6, 6.07) is 0. The van der Waals surface area contributed by atoms with Crippen LogP contribution in [0.2, 0.25) is 0 Å². The Balaban J connectivity index is 1.74. The normalized spacial score (nSPS) is 20.7. The smallest absolute Gasteiger partial charge is 0.131 e. The molecule has 1 unspecified atom stereocenters. The van der Waals surface area contributed by atoms with Gasteiger partial charge < -0.3 is 10.1 Å². The van der Waals surface area contributed by atoms with Crippen LogP contribution in [-0.4, -0.2) is 28.4 Å². The fraction of sp³-hybridized carbons (Fsp3) is 0.857. The van der Waals surface area contributed by atoms with Crippen LogP contribution in [0.25, 0.3) is 0 Å². The first kappa shape index (κ1) is 14.9. The number of nitrogens with zero attached hydrogens (tertiary/aromatic N) is 2. The van der Waals surface area contributed by atoms with Gasteiger partial charge in [0.05, 0.1) is 12.6 Å². The molecular weight excluding hydrogens is 258 g/mol. The lowest BCUT2D eigenvalue weighted by molar-refractivity contribution is 0.0115. The molecule has 0 saturated carbocycles. The van der Waals surface area contributed by atoms with Gasteiger partial charge >= 0.3 is 0 Å². The van der Waals surface area contributed by atoms with E-state index in [2.05, 4.69) is 36.3 Å². The summed E-state index contributed by atoms with van der Waals surface area (Å²) >= 11 is 1.72. The maximum absolute atomic E-state index is 5.74. The van der Waals surface area contributed by atoms with Crippen LogP contribution in [0, 0.1) is 0 Å². The fourth-order valence-electron chi connectivity index (χ4n) is 2.12. The summed E-state index contributed by atoms with van der Waals surface area (Å²) in [5, 5.41) is 14.2. The molecule has 0 bridgehead atoms. The Morgan fingerprint density at radius 2 is 2.05 bits per heavy atom. The third-order valence-corrected chi connectivity index (χ3v) is 4.22. The molecule has 0 spiro atoms. The third kappa shape index (κ3) is 5.55. The van der Waals surface area contributed by atoms with Crippen LogP contribution < -0.4 is 5.32 Å². The Kier molecular flexibility index (Phi) is 5.30. The van der Waals surface area contributed by atoms with Gasteiger partial charge in [0, 0.05) is 18.6 Å². The van der Waals surface area contributed by atoms with Crippen molar-refractivity contribution in [2.45, 2.75) is 71.1 Å². The van der Waals surface area contributed by atoms with E-state index in [1.165, 1.54) is 19.3 Å². The van der Waals surface area contributed by atoms with Gasteiger partial charge in [0.15, 0.2) is 0 Å². The monoisotopic (exact) mass is 283 g/mol. The van der Waals surface area contributed by atoms with E-state index in [1.807, 2.05) is 0 Å². The summed E-state index contributed by atoms with van der Waals surface area (Å²) in [5.74, 6) is 0. The zero-order valence-corrected chi connectivity index (χ0v) is 13.1. The Bertz CT molecular complexity index is 380. The van der Waals surface area contributed by atoms with E-state index in [9.17, 15) is 0 Å².